The molecule has 0 bridgehead atoms. The normalized spacial score (nSPS) is 20.5. The number of rotatable bonds is 4. The number of carbonyl (C=O) groups excluding carboxylic acids is 1. The van der Waals surface area contributed by atoms with Gasteiger partial charge in [-0.3, -0.25) is 4.79 Å². The van der Waals surface area contributed by atoms with Crippen LogP contribution in [0, 0.1) is 11.3 Å². The molecule has 16 heavy (non-hydrogen) atoms. The summed E-state index contributed by atoms with van der Waals surface area (Å²) in [6, 6.07) is 0.290. The molecule has 1 unspecified atom stereocenters. The van der Waals surface area contributed by atoms with Crippen LogP contribution in [0.2, 0.25) is 0 Å². The Morgan fingerprint density at radius 1 is 1.38 bits per heavy atom. The molecule has 94 valence electrons. The molecule has 1 aliphatic carbocycles. The zero-order valence-corrected chi connectivity index (χ0v) is 10.9. The van der Waals surface area contributed by atoms with Gasteiger partial charge in [-0.05, 0) is 39.5 Å². The van der Waals surface area contributed by atoms with E-state index in [1.807, 2.05) is 13.8 Å². The molecule has 0 aromatic heterocycles. The molecule has 0 radical (unpaired) electrons. The smallest absolute Gasteiger partial charge is 0.227 e. The third-order valence-electron chi connectivity index (χ3n) is 3.84. The third kappa shape index (κ3) is 3.48. The molecule has 0 aromatic carbocycles. The van der Waals surface area contributed by atoms with Crippen molar-refractivity contribution < 1.29 is 4.79 Å². The summed E-state index contributed by atoms with van der Waals surface area (Å²) >= 11 is 0. The quantitative estimate of drug-likeness (QED) is 0.771. The zero-order valence-electron chi connectivity index (χ0n) is 10.9. The summed E-state index contributed by atoms with van der Waals surface area (Å²) in [5, 5.41) is 3.12. The lowest BCUT2D eigenvalue weighted by atomic mass is 9.83. The van der Waals surface area contributed by atoms with Gasteiger partial charge in [-0.15, -0.1) is 0 Å². The predicted molar refractivity (Wildman–Crippen MR) is 67.0 cm³/mol. The fourth-order valence-corrected chi connectivity index (χ4v) is 2.25. The molecule has 1 amide bonds. The van der Waals surface area contributed by atoms with Gasteiger partial charge in [0.2, 0.25) is 5.91 Å². The minimum Gasteiger partial charge on any atom is -0.353 e. The average Bonchev–Trinajstić information content (AvgIpc) is 2.30. The van der Waals surface area contributed by atoms with Crippen LogP contribution in [-0.2, 0) is 4.79 Å². The Morgan fingerprint density at radius 2 is 1.94 bits per heavy atom. The van der Waals surface area contributed by atoms with Crippen LogP contribution in [0.4, 0.5) is 0 Å². The maximum absolute atomic E-state index is 12.0. The summed E-state index contributed by atoms with van der Waals surface area (Å²) in [7, 11) is 0. The number of nitrogens with two attached hydrogens (primary N) is 1. The van der Waals surface area contributed by atoms with Crippen molar-refractivity contribution in [3.63, 3.8) is 0 Å². The molecular formula is C13H26N2O. The fourth-order valence-electron chi connectivity index (χ4n) is 2.25. The Kier molecular flexibility index (Phi) is 4.78. The van der Waals surface area contributed by atoms with Crippen LogP contribution < -0.4 is 11.1 Å². The van der Waals surface area contributed by atoms with E-state index in [0.29, 0.717) is 18.5 Å². The Bertz CT molecular complexity index is 232. The molecule has 1 fully saturated rings. The van der Waals surface area contributed by atoms with Crippen LogP contribution in [0.1, 0.15) is 52.9 Å². The first-order valence-electron chi connectivity index (χ1n) is 6.48. The van der Waals surface area contributed by atoms with Crippen LogP contribution in [0.15, 0.2) is 0 Å². The third-order valence-corrected chi connectivity index (χ3v) is 3.84. The number of carbonyl (C=O) groups is 1. The van der Waals surface area contributed by atoms with Crippen molar-refractivity contribution >= 4 is 5.91 Å². The van der Waals surface area contributed by atoms with Crippen molar-refractivity contribution in [1.82, 2.24) is 5.32 Å². The highest BCUT2D eigenvalue weighted by Crippen LogP contribution is 2.26. The summed E-state index contributed by atoms with van der Waals surface area (Å²) in [6.45, 7) is 6.32. The summed E-state index contributed by atoms with van der Waals surface area (Å²) in [6.07, 6.45) is 6.48. The van der Waals surface area contributed by atoms with Crippen molar-refractivity contribution in [2.24, 2.45) is 17.1 Å². The van der Waals surface area contributed by atoms with Gasteiger partial charge in [-0.2, -0.15) is 0 Å². The van der Waals surface area contributed by atoms with E-state index in [1.54, 1.807) is 0 Å². The molecule has 1 saturated carbocycles. The summed E-state index contributed by atoms with van der Waals surface area (Å²) in [5.41, 5.74) is 5.16. The second-order valence-corrected chi connectivity index (χ2v) is 5.75. The zero-order chi connectivity index (χ0) is 12.2. The molecule has 0 aromatic rings. The van der Waals surface area contributed by atoms with Gasteiger partial charge in [-0.25, -0.2) is 0 Å². The van der Waals surface area contributed by atoms with E-state index >= 15 is 0 Å². The van der Waals surface area contributed by atoms with E-state index < -0.39 is 5.41 Å². The molecule has 0 aliphatic heterocycles. The van der Waals surface area contributed by atoms with E-state index in [9.17, 15) is 4.79 Å². The van der Waals surface area contributed by atoms with Gasteiger partial charge in [0, 0.05) is 12.6 Å². The molecule has 3 heteroatoms. The average molecular weight is 226 g/mol. The summed E-state index contributed by atoms with van der Waals surface area (Å²) < 4.78 is 0. The second-order valence-electron chi connectivity index (χ2n) is 5.75. The Hall–Kier alpha value is -0.570. The van der Waals surface area contributed by atoms with E-state index in [4.69, 9.17) is 5.73 Å². The first kappa shape index (κ1) is 13.5. The Labute approximate surface area is 99.2 Å². The van der Waals surface area contributed by atoms with Gasteiger partial charge in [-0.1, -0.05) is 19.3 Å². The highest BCUT2D eigenvalue weighted by atomic mass is 16.2. The minimum absolute atomic E-state index is 0.0908. The second kappa shape index (κ2) is 5.67. The first-order chi connectivity index (χ1) is 7.47. The predicted octanol–water partition coefficient (Wildman–Crippen LogP) is 2.06. The standard InChI is InChI=1S/C13H26N2O/c1-10(11-7-5-4-6-8-11)15-12(16)13(2,3)9-14/h10-11H,4-9,14H2,1-3H3,(H,15,16). The van der Waals surface area contributed by atoms with Gasteiger partial charge in [0.1, 0.15) is 0 Å². The Balaban J connectivity index is 2.43. The van der Waals surface area contributed by atoms with Gasteiger partial charge in [0.05, 0.1) is 5.41 Å². The van der Waals surface area contributed by atoms with Gasteiger partial charge in [0.15, 0.2) is 0 Å². The highest BCUT2D eigenvalue weighted by Gasteiger charge is 2.29. The fraction of sp³-hybridized carbons (Fsp3) is 0.923. The summed E-state index contributed by atoms with van der Waals surface area (Å²) in [4.78, 5) is 12.0. The van der Waals surface area contributed by atoms with E-state index in [-0.39, 0.29) is 5.91 Å². The largest absolute Gasteiger partial charge is 0.353 e. The molecule has 0 heterocycles. The molecule has 3 nitrogen and oxygen atoms in total. The van der Waals surface area contributed by atoms with Gasteiger partial charge in [0.25, 0.3) is 0 Å². The summed E-state index contributed by atoms with van der Waals surface area (Å²) in [5.74, 6) is 0.749. The van der Waals surface area contributed by atoms with Crippen LogP contribution in [-0.4, -0.2) is 18.5 Å². The minimum atomic E-state index is -0.442. The number of hydrogen-bond donors (Lipinski definition) is 2. The van der Waals surface area contributed by atoms with Crippen LogP contribution in [0.25, 0.3) is 0 Å². The van der Waals surface area contributed by atoms with Crippen molar-refractivity contribution in [3.05, 3.63) is 0 Å². The molecule has 3 N–H and O–H groups in total. The lowest BCUT2D eigenvalue weighted by molar-refractivity contribution is -0.129. The van der Waals surface area contributed by atoms with E-state index in [1.165, 1.54) is 32.1 Å². The topological polar surface area (TPSA) is 55.1 Å². The molecule has 0 saturated heterocycles. The van der Waals surface area contributed by atoms with Crippen LogP contribution >= 0.6 is 0 Å². The molecule has 1 rings (SSSR count). The van der Waals surface area contributed by atoms with Gasteiger partial charge < -0.3 is 11.1 Å². The molecule has 1 atom stereocenters. The number of nitrogens with one attached hydrogen (secondary N) is 1. The number of amides is 1. The van der Waals surface area contributed by atoms with E-state index in [0.717, 1.165) is 0 Å². The molecule has 1 aliphatic rings. The molecule has 0 spiro atoms. The first-order valence-corrected chi connectivity index (χ1v) is 6.48. The van der Waals surface area contributed by atoms with E-state index in [2.05, 4.69) is 12.2 Å². The monoisotopic (exact) mass is 226 g/mol. The van der Waals surface area contributed by atoms with Crippen LogP contribution in [0.5, 0.6) is 0 Å². The maximum atomic E-state index is 12.0. The lowest BCUT2D eigenvalue weighted by Gasteiger charge is -2.31. The van der Waals surface area contributed by atoms with Crippen molar-refractivity contribution in [2.45, 2.75) is 58.9 Å². The van der Waals surface area contributed by atoms with Crippen LogP contribution in [0.3, 0.4) is 0 Å². The van der Waals surface area contributed by atoms with Crippen molar-refractivity contribution in [2.75, 3.05) is 6.54 Å². The highest BCUT2D eigenvalue weighted by molar-refractivity contribution is 5.82. The number of hydrogen-bond acceptors (Lipinski definition) is 2. The maximum Gasteiger partial charge on any atom is 0.227 e. The van der Waals surface area contributed by atoms with Gasteiger partial charge >= 0.3 is 0 Å². The van der Waals surface area contributed by atoms with Crippen molar-refractivity contribution in [3.8, 4) is 0 Å². The lowest BCUT2D eigenvalue weighted by Crippen LogP contribution is -2.47. The Morgan fingerprint density at radius 3 is 2.44 bits per heavy atom. The van der Waals surface area contributed by atoms with Crippen molar-refractivity contribution in [1.29, 1.82) is 0 Å². The molecular weight excluding hydrogens is 200 g/mol. The SMILES string of the molecule is CC(NC(=O)C(C)(C)CN)C1CCCCC1.